The van der Waals surface area contributed by atoms with Crippen LogP contribution in [0.15, 0.2) is 39.8 Å². The number of carbonyl (C=O) groups excluding carboxylic acids is 1. The van der Waals surface area contributed by atoms with Crippen LogP contribution in [-0.2, 0) is 20.0 Å². The maximum atomic E-state index is 12.6. The highest BCUT2D eigenvalue weighted by Crippen LogP contribution is 2.20. The number of aryl methyl sites for hydroxylation is 3. The molecule has 0 saturated carbocycles. The Morgan fingerprint density at radius 1 is 1.25 bits per heavy atom. The fourth-order valence-corrected chi connectivity index (χ4v) is 2.62. The second-order valence-corrected chi connectivity index (χ2v) is 5.73. The predicted octanol–water partition coefficient (Wildman–Crippen LogP) is 2.33. The Morgan fingerprint density at radius 3 is 2.58 bits per heavy atom. The molecule has 6 nitrogen and oxygen atoms in total. The molecule has 2 heterocycles. The molecule has 0 radical (unpaired) electrons. The normalized spacial score (nSPS) is 11.0. The lowest BCUT2D eigenvalue weighted by Crippen LogP contribution is -2.25. The summed E-state index contributed by atoms with van der Waals surface area (Å²) in [5.74, 6) is 0.0514. The summed E-state index contributed by atoms with van der Waals surface area (Å²) in [6.07, 6.45) is 2.35. The molecule has 1 aromatic carbocycles. The lowest BCUT2D eigenvalue weighted by Gasteiger charge is -2.06. The summed E-state index contributed by atoms with van der Waals surface area (Å²) in [6.45, 7) is 4.14. The van der Waals surface area contributed by atoms with Crippen molar-refractivity contribution in [2.24, 2.45) is 7.05 Å². The van der Waals surface area contributed by atoms with Crippen molar-refractivity contribution in [1.82, 2.24) is 14.9 Å². The van der Waals surface area contributed by atoms with Gasteiger partial charge in [-0.25, -0.2) is 4.98 Å². The fourth-order valence-electron chi connectivity index (χ4n) is 2.62. The van der Waals surface area contributed by atoms with E-state index in [2.05, 4.69) is 17.2 Å². The molecule has 124 valence electrons. The van der Waals surface area contributed by atoms with Crippen LogP contribution in [0.2, 0.25) is 0 Å². The van der Waals surface area contributed by atoms with Crippen molar-refractivity contribution >= 4 is 17.0 Å². The van der Waals surface area contributed by atoms with Crippen molar-refractivity contribution in [3.05, 3.63) is 63.4 Å². The molecule has 0 fully saturated rings. The molecule has 0 aliphatic heterocycles. The Hall–Kier alpha value is -2.89. The molecule has 0 saturated heterocycles. The first-order chi connectivity index (χ1) is 11.5. The largest absolute Gasteiger partial charge is 0.442 e. The first-order valence-corrected chi connectivity index (χ1v) is 7.82. The summed E-state index contributed by atoms with van der Waals surface area (Å²) in [4.78, 5) is 28.9. The summed E-state index contributed by atoms with van der Waals surface area (Å²) < 4.78 is 6.78. The minimum Gasteiger partial charge on any atom is -0.442 e. The minimum absolute atomic E-state index is 0.188. The minimum atomic E-state index is -0.337. The zero-order valence-electron chi connectivity index (χ0n) is 13.9. The molecule has 0 spiro atoms. The molecule has 6 heteroatoms. The van der Waals surface area contributed by atoms with E-state index in [9.17, 15) is 9.59 Å². The number of fused-ring (bicyclic) bond motifs is 1. The molecule has 1 N–H and O–H groups in total. The van der Waals surface area contributed by atoms with Gasteiger partial charge < -0.3 is 14.3 Å². The van der Waals surface area contributed by atoms with Gasteiger partial charge in [0.15, 0.2) is 0 Å². The molecule has 0 aliphatic carbocycles. The highest BCUT2D eigenvalue weighted by molar-refractivity contribution is 6.06. The predicted molar refractivity (Wildman–Crippen MR) is 91.0 cm³/mol. The summed E-state index contributed by atoms with van der Waals surface area (Å²) in [6, 6.07) is 8.05. The van der Waals surface area contributed by atoms with Crippen LogP contribution in [-0.4, -0.2) is 15.5 Å². The van der Waals surface area contributed by atoms with E-state index in [0.717, 1.165) is 12.0 Å². The van der Waals surface area contributed by atoms with E-state index >= 15 is 0 Å². The van der Waals surface area contributed by atoms with Crippen molar-refractivity contribution in [3.63, 3.8) is 0 Å². The van der Waals surface area contributed by atoms with Crippen LogP contribution in [0.5, 0.6) is 0 Å². The second-order valence-electron chi connectivity index (χ2n) is 5.73. The van der Waals surface area contributed by atoms with E-state index in [1.807, 2.05) is 24.3 Å². The SMILES string of the molecule is CCc1ccc(CNC(=O)c2c(C)oc3ncn(C)c(=O)c23)cc1. The van der Waals surface area contributed by atoms with Gasteiger partial charge in [-0.3, -0.25) is 9.59 Å². The Balaban J connectivity index is 1.87. The number of benzene rings is 1. The van der Waals surface area contributed by atoms with E-state index in [0.29, 0.717) is 12.3 Å². The van der Waals surface area contributed by atoms with E-state index in [1.165, 1.54) is 16.5 Å². The average Bonchev–Trinajstić information content (AvgIpc) is 2.93. The highest BCUT2D eigenvalue weighted by atomic mass is 16.3. The zero-order chi connectivity index (χ0) is 17.3. The molecule has 3 rings (SSSR count). The number of nitrogens with zero attached hydrogens (tertiary/aromatic N) is 2. The third-order valence-electron chi connectivity index (χ3n) is 4.06. The lowest BCUT2D eigenvalue weighted by atomic mass is 10.1. The van der Waals surface area contributed by atoms with Crippen molar-refractivity contribution in [1.29, 1.82) is 0 Å². The number of nitrogens with one attached hydrogen (secondary N) is 1. The van der Waals surface area contributed by atoms with Gasteiger partial charge in [-0.05, 0) is 24.5 Å². The molecule has 2 aromatic heterocycles. The van der Waals surface area contributed by atoms with Crippen LogP contribution in [0.25, 0.3) is 11.1 Å². The first kappa shape index (κ1) is 16.0. The van der Waals surface area contributed by atoms with Crippen LogP contribution < -0.4 is 10.9 Å². The Kier molecular flexibility index (Phi) is 4.20. The number of aromatic nitrogens is 2. The average molecular weight is 325 g/mol. The van der Waals surface area contributed by atoms with Crippen molar-refractivity contribution in [3.8, 4) is 0 Å². The van der Waals surface area contributed by atoms with Gasteiger partial charge in [0.05, 0.1) is 5.56 Å². The van der Waals surface area contributed by atoms with Crippen LogP contribution in [0.3, 0.4) is 0 Å². The van der Waals surface area contributed by atoms with Crippen molar-refractivity contribution in [2.45, 2.75) is 26.8 Å². The van der Waals surface area contributed by atoms with Gasteiger partial charge in [-0.15, -0.1) is 0 Å². The number of hydrogen-bond donors (Lipinski definition) is 1. The van der Waals surface area contributed by atoms with E-state index in [4.69, 9.17) is 4.42 Å². The van der Waals surface area contributed by atoms with E-state index in [1.54, 1.807) is 14.0 Å². The van der Waals surface area contributed by atoms with Gasteiger partial charge >= 0.3 is 0 Å². The van der Waals surface area contributed by atoms with Crippen molar-refractivity contribution in [2.75, 3.05) is 0 Å². The summed E-state index contributed by atoms with van der Waals surface area (Å²) in [5, 5.41) is 3.06. The lowest BCUT2D eigenvalue weighted by molar-refractivity contribution is 0.0950. The van der Waals surface area contributed by atoms with Crippen molar-refractivity contribution < 1.29 is 9.21 Å². The number of rotatable bonds is 4. The molecule has 0 bridgehead atoms. The summed E-state index contributed by atoms with van der Waals surface area (Å²) in [7, 11) is 1.59. The van der Waals surface area contributed by atoms with Gasteiger partial charge in [-0.2, -0.15) is 0 Å². The van der Waals surface area contributed by atoms with Gasteiger partial charge in [0.1, 0.15) is 17.5 Å². The monoisotopic (exact) mass is 325 g/mol. The molecule has 0 aliphatic rings. The summed E-state index contributed by atoms with van der Waals surface area (Å²) >= 11 is 0. The van der Waals surface area contributed by atoms with E-state index < -0.39 is 0 Å². The van der Waals surface area contributed by atoms with Gasteiger partial charge in [0.2, 0.25) is 5.71 Å². The number of furan rings is 1. The topological polar surface area (TPSA) is 77.1 Å². The maximum absolute atomic E-state index is 12.6. The Morgan fingerprint density at radius 2 is 1.92 bits per heavy atom. The van der Waals surface area contributed by atoms with Crippen LogP contribution in [0, 0.1) is 6.92 Å². The molecular formula is C18H19N3O3. The van der Waals surface area contributed by atoms with E-state index in [-0.39, 0.29) is 28.1 Å². The Labute approximate surface area is 139 Å². The third-order valence-corrected chi connectivity index (χ3v) is 4.06. The zero-order valence-corrected chi connectivity index (χ0v) is 13.9. The van der Waals surface area contributed by atoms with Gasteiger partial charge in [-0.1, -0.05) is 31.2 Å². The van der Waals surface area contributed by atoms with Crippen LogP contribution in [0.4, 0.5) is 0 Å². The molecular weight excluding hydrogens is 306 g/mol. The smallest absolute Gasteiger partial charge is 0.265 e. The quantitative estimate of drug-likeness (QED) is 0.798. The molecule has 3 aromatic rings. The Bertz CT molecular complexity index is 952. The van der Waals surface area contributed by atoms with Crippen LogP contribution in [0.1, 0.15) is 34.2 Å². The maximum Gasteiger partial charge on any atom is 0.265 e. The number of carbonyl (C=O) groups is 1. The standard InChI is InChI=1S/C18H19N3O3/c1-4-12-5-7-13(8-6-12)9-19-16(22)14-11(2)24-17-15(14)18(23)21(3)10-20-17/h5-8,10H,4,9H2,1-3H3,(H,19,22). The second kappa shape index (κ2) is 6.31. The third kappa shape index (κ3) is 2.82. The number of hydrogen-bond acceptors (Lipinski definition) is 4. The fraction of sp³-hybridized carbons (Fsp3) is 0.278. The summed E-state index contributed by atoms with van der Waals surface area (Å²) in [5.41, 5.74) is 2.39. The molecule has 0 unspecified atom stereocenters. The van der Waals surface area contributed by atoms with Crippen LogP contribution >= 0.6 is 0 Å². The molecule has 0 atom stereocenters. The molecule has 1 amide bonds. The highest BCUT2D eigenvalue weighted by Gasteiger charge is 2.22. The number of amides is 1. The van der Waals surface area contributed by atoms with Gasteiger partial charge in [0.25, 0.3) is 11.5 Å². The molecule has 24 heavy (non-hydrogen) atoms. The van der Waals surface area contributed by atoms with Gasteiger partial charge in [0, 0.05) is 13.6 Å². The first-order valence-electron chi connectivity index (χ1n) is 7.82.